The zero-order chi connectivity index (χ0) is 17.5. The average molecular weight is 330 g/mol. The van der Waals surface area contributed by atoms with Crippen LogP contribution in [0.25, 0.3) is 0 Å². The molecule has 0 unspecified atom stereocenters. The van der Waals surface area contributed by atoms with E-state index in [4.69, 9.17) is 9.47 Å². The SMILES string of the molecule is COC(=O)NN(C(=O)Oc1ccc(C)cc1)c1cccc(OC)c1. The average Bonchev–Trinajstić information content (AvgIpc) is 2.61. The molecule has 7 nitrogen and oxygen atoms in total. The molecule has 24 heavy (non-hydrogen) atoms. The summed E-state index contributed by atoms with van der Waals surface area (Å²) >= 11 is 0. The number of ether oxygens (including phenoxy) is 3. The van der Waals surface area contributed by atoms with Crippen LogP contribution in [0, 0.1) is 6.92 Å². The summed E-state index contributed by atoms with van der Waals surface area (Å²) in [5.74, 6) is 0.873. The van der Waals surface area contributed by atoms with Gasteiger partial charge in [0.1, 0.15) is 11.5 Å². The van der Waals surface area contributed by atoms with Crippen LogP contribution < -0.4 is 19.9 Å². The largest absolute Gasteiger partial charge is 0.497 e. The number of methoxy groups -OCH3 is 2. The first-order valence-electron chi connectivity index (χ1n) is 7.10. The summed E-state index contributed by atoms with van der Waals surface area (Å²) in [4.78, 5) is 24.0. The van der Waals surface area contributed by atoms with Gasteiger partial charge in [0.2, 0.25) is 0 Å². The number of anilines is 1. The summed E-state index contributed by atoms with van der Waals surface area (Å²) < 4.78 is 14.9. The van der Waals surface area contributed by atoms with Crippen molar-refractivity contribution in [1.29, 1.82) is 0 Å². The Balaban J connectivity index is 2.25. The van der Waals surface area contributed by atoms with Crippen molar-refractivity contribution in [2.75, 3.05) is 19.2 Å². The topological polar surface area (TPSA) is 77.1 Å². The highest BCUT2D eigenvalue weighted by Crippen LogP contribution is 2.21. The summed E-state index contributed by atoms with van der Waals surface area (Å²) in [6.45, 7) is 1.92. The van der Waals surface area contributed by atoms with E-state index >= 15 is 0 Å². The van der Waals surface area contributed by atoms with Crippen LogP contribution in [0.1, 0.15) is 5.56 Å². The Hall–Kier alpha value is -3.22. The molecule has 0 saturated carbocycles. The molecule has 0 radical (unpaired) electrons. The minimum absolute atomic E-state index is 0.352. The van der Waals surface area contributed by atoms with Gasteiger partial charge in [-0.3, -0.25) is 0 Å². The number of aryl methyl sites for hydroxylation is 1. The molecule has 0 aliphatic carbocycles. The van der Waals surface area contributed by atoms with Gasteiger partial charge in [-0.2, -0.15) is 5.01 Å². The fourth-order valence-corrected chi connectivity index (χ4v) is 1.85. The Labute approximate surface area is 139 Å². The van der Waals surface area contributed by atoms with Crippen molar-refractivity contribution in [3.05, 3.63) is 54.1 Å². The van der Waals surface area contributed by atoms with Crippen molar-refractivity contribution < 1.29 is 23.8 Å². The van der Waals surface area contributed by atoms with Crippen molar-refractivity contribution in [2.24, 2.45) is 0 Å². The van der Waals surface area contributed by atoms with Gasteiger partial charge in [-0.05, 0) is 31.2 Å². The molecule has 126 valence electrons. The van der Waals surface area contributed by atoms with Gasteiger partial charge in [0, 0.05) is 6.07 Å². The van der Waals surface area contributed by atoms with Gasteiger partial charge in [-0.25, -0.2) is 15.0 Å². The molecule has 2 aromatic carbocycles. The van der Waals surface area contributed by atoms with E-state index < -0.39 is 12.2 Å². The number of benzene rings is 2. The third-order valence-corrected chi connectivity index (χ3v) is 3.11. The first-order chi connectivity index (χ1) is 11.5. The molecule has 2 amide bonds. The number of carbonyl (C=O) groups is 2. The van der Waals surface area contributed by atoms with E-state index in [0.29, 0.717) is 17.2 Å². The van der Waals surface area contributed by atoms with E-state index in [1.165, 1.54) is 14.2 Å². The van der Waals surface area contributed by atoms with Crippen LogP contribution in [0.3, 0.4) is 0 Å². The van der Waals surface area contributed by atoms with E-state index in [1.54, 1.807) is 36.4 Å². The normalized spacial score (nSPS) is 9.79. The number of amides is 2. The number of nitrogens with zero attached hydrogens (tertiary/aromatic N) is 1. The van der Waals surface area contributed by atoms with Crippen LogP contribution in [0.5, 0.6) is 11.5 Å². The van der Waals surface area contributed by atoms with Crippen LogP contribution in [0.2, 0.25) is 0 Å². The second kappa shape index (κ2) is 7.87. The lowest BCUT2D eigenvalue weighted by Crippen LogP contribution is -2.47. The molecule has 0 bridgehead atoms. The van der Waals surface area contributed by atoms with Crippen LogP contribution >= 0.6 is 0 Å². The van der Waals surface area contributed by atoms with Gasteiger partial charge in [0.05, 0.1) is 19.9 Å². The Morgan fingerprint density at radius 3 is 2.33 bits per heavy atom. The summed E-state index contributed by atoms with van der Waals surface area (Å²) in [7, 11) is 2.70. The number of hydrogen-bond donors (Lipinski definition) is 1. The van der Waals surface area contributed by atoms with Crippen molar-refractivity contribution in [3.8, 4) is 11.5 Å². The van der Waals surface area contributed by atoms with Crippen LogP contribution in [-0.4, -0.2) is 26.4 Å². The molecular weight excluding hydrogens is 312 g/mol. The maximum absolute atomic E-state index is 12.4. The van der Waals surface area contributed by atoms with Crippen molar-refractivity contribution in [3.63, 3.8) is 0 Å². The zero-order valence-electron chi connectivity index (χ0n) is 13.6. The fraction of sp³-hybridized carbons (Fsp3) is 0.176. The third-order valence-electron chi connectivity index (χ3n) is 3.11. The fourth-order valence-electron chi connectivity index (χ4n) is 1.85. The Morgan fingerprint density at radius 1 is 1.00 bits per heavy atom. The molecule has 0 aliphatic rings. The zero-order valence-corrected chi connectivity index (χ0v) is 13.6. The summed E-state index contributed by atoms with van der Waals surface area (Å²) in [5, 5.41) is 0.939. The Bertz CT molecular complexity index is 715. The van der Waals surface area contributed by atoms with Gasteiger partial charge in [-0.1, -0.05) is 23.8 Å². The minimum Gasteiger partial charge on any atom is -0.497 e. The lowest BCUT2D eigenvalue weighted by atomic mass is 10.2. The third kappa shape index (κ3) is 4.39. The molecule has 0 atom stereocenters. The number of hydrazine groups is 1. The van der Waals surface area contributed by atoms with Gasteiger partial charge < -0.3 is 14.2 Å². The molecular formula is C17H18N2O5. The molecule has 0 aromatic heterocycles. The van der Waals surface area contributed by atoms with E-state index in [1.807, 2.05) is 19.1 Å². The molecule has 1 N–H and O–H groups in total. The van der Waals surface area contributed by atoms with E-state index in [2.05, 4.69) is 10.2 Å². The van der Waals surface area contributed by atoms with Gasteiger partial charge in [-0.15, -0.1) is 0 Å². The lowest BCUT2D eigenvalue weighted by Gasteiger charge is -2.22. The second-order valence-electron chi connectivity index (χ2n) is 4.82. The van der Waals surface area contributed by atoms with Gasteiger partial charge in [0.15, 0.2) is 0 Å². The standard InChI is InChI=1S/C17H18N2O5/c1-12-7-9-14(10-8-12)24-17(21)19(18-16(20)23-3)13-5-4-6-15(11-13)22-2/h4-11H,1-3H3,(H,18,20). The first kappa shape index (κ1) is 17.1. The molecule has 0 fully saturated rings. The van der Waals surface area contributed by atoms with Crippen LogP contribution in [0.4, 0.5) is 15.3 Å². The predicted octanol–water partition coefficient (Wildman–Crippen LogP) is 3.28. The first-order valence-corrected chi connectivity index (χ1v) is 7.10. The number of hydrogen-bond acceptors (Lipinski definition) is 5. The molecule has 0 saturated heterocycles. The number of nitrogens with one attached hydrogen (secondary N) is 1. The highest BCUT2D eigenvalue weighted by Gasteiger charge is 2.21. The maximum atomic E-state index is 12.4. The summed E-state index contributed by atoms with van der Waals surface area (Å²) in [5.41, 5.74) is 3.70. The molecule has 0 spiro atoms. The lowest BCUT2D eigenvalue weighted by molar-refractivity contribution is 0.165. The molecule has 0 aliphatic heterocycles. The van der Waals surface area contributed by atoms with Crippen molar-refractivity contribution in [2.45, 2.75) is 6.92 Å². The quantitative estimate of drug-likeness (QED) is 0.874. The smallest absolute Gasteiger partial charge is 0.439 e. The van der Waals surface area contributed by atoms with Gasteiger partial charge >= 0.3 is 12.2 Å². The molecule has 2 aromatic rings. The minimum atomic E-state index is -0.807. The van der Waals surface area contributed by atoms with Crippen molar-refractivity contribution >= 4 is 17.9 Å². The number of rotatable bonds is 3. The Morgan fingerprint density at radius 2 is 1.71 bits per heavy atom. The maximum Gasteiger partial charge on any atom is 0.439 e. The monoisotopic (exact) mass is 330 g/mol. The summed E-state index contributed by atoms with van der Waals surface area (Å²) in [6, 6.07) is 13.5. The summed E-state index contributed by atoms with van der Waals surface area (Å²) in [6.07, 6.45) is -1.60. The van der Waals surface area contributed by atoms with E-state index in [9.17, 15) is 9.59 Å². The van der Waals surface area contributed by atoms with E-state index in [-0.39, 0.29) is 0 Å². The predicted molar refractivity (Wildman–Crippen MR) is 88.2 cm³/mol. The second-order valence-corrected chi connectivity index (χ2v) is 4.82. The van der Waals surface area contributed by atoms with Gasteiger partial charge in [0.25, 0.3) is 0 Å². The van der Waals surface area contributed by atoms with Crippen molar-refractivity contribution in [1.82, 2.24) is 5.43 Å². The molecule has 7 heteroatoms. The van der Waals surface area contributed by atoms with Crippen LogP contribution in [0.15, 0.2) is 48.5 Å². The van der Waals surface area contributed by atoms with E-state index in [0.717, 1.165) is 10.6 Å². The molecule has 2 rings (SSSR count). The molecule has 0 heterocycles. The highest BCUT2D eigenvalue weighted by atomic mass is 16.6. The van der Waals surface area contributed by atoms with Crippen LogP contribution in [-0.2, 0) is 4.74 Å². The highest BCUT2D eigenvalue weighted by molar-refractivity contribution is 5.91. The Kier molecular flexibility index (Phi) is 5.62. The number of carbonyl (C=O) groups excluding carboxylic acids is 2.